The highest BCUT2D eigenvalue weighted by atomic mass is 35.5. The summed E-state index contributed by atoms with van der Waals surface area (Å²) in [6.45, 7) is 0. The molecule has 1 amide bonds. The number of hydrazone groups is 1. The zero-order valence-electron chi connectivity index (χ0n) is 10.4. The molecule has 0 aliphatic heterocycles. The normalized spacial score (nSPS) is 10.7. The molecular weight excluding hydrogens is 278 g/mol. The molecule has 0 saturated carbocycles. The number of halogens is 1. The smallest absolute Gasteiger partial charge is 0.275 e. The summed E-state index contributed by atoms with van der Waals surface area (Å²) in [5, 5.41) is 13.8. The summed E-state index contributed by atoms with van der Waals surface area (Å²) in [5.74, 6) is -0.623. The minimum absolute atomic E-state index is 0.109. The van der Waals surface area contributed by atoms with Crippen LogP contribution in [0.4, 0.5) is 5.69 Å². The minimum Gasteiger partial charge on any atom is -0.507 e. The van der Waals surface area contributed by atoms with Crippen molar-refractivity contribution in [1.82, 2.24) is 5.43 Å². The number of phenolic OH excluding ortho intramolecular Hbond substituents is 1. The summed E-state index contributed by atoms with van der Waals surface area (Å²) in [4.78, 5) is 11.8. The van der Waals surface area contributed by atoms with Crippen molar-refractivity contribution in [1.29, 1.82) is 0 Å². The Morgan fingerprint density at radius 3 is 2.80 bits per heavy atom. The number of anilines is 1. The van der Waals surface area contributed by atoms with Crippen LogP contribution in [0, 0.1) is 0 Å². The first kappa shape index (κ1) is 13.9. The van der Waals surface area contributed by atoms with E-state index in [0.717, 1.165) is 0 Å². The molecule has 0 spiro atoms. The Bertz CT molecular complexity index is 671. The molecular formula is C14H12ClN3O2. The highest BCUT2D eigenvalue weighted by Gasteiger charge is 2.08. The van der Waals surface area contributed by atoms with Crippen LogP contribution in [-0.2, 0) is 0 Å². The lowest BCUT2D eigenvalue weighted by Gasteiger charge is -2.03. The van der Waals surface area contributed by atoms with Crippen molar-refractivity contribution in [3.8, 4) is 5.75 Å². The van der Waals surface area contributed by atoms with E-state index in [1.54, 1.807) is 30.3 Å². The number of phenols is 1. The van der Waals surface area contributed by atoms with E-state index in [9.17, 15) is 9.90 Å². The number of amides is 1. The molecule has 0 radical (unpaired) electrons. The predicted molar refractivity (Wildman–Crippen MR) is 79.0 cm³/mol. The summed E-state index contributed by atoms with van der Waals surface area (Å²) < 4.78 is 0. The quantitative estimate of drug-likeness (QED) is 0.460. The van der Waals surface area contributed by atoms with Crippen LogP contribution in [0.5, 0.6) is 5.75 Å². The van der Waals surface area contributed by atoms with Crippen LogP contribution in [0.3, 0.4) is 0 Å². The second kappa shape index (κ2) is 6.08. The molecule has 102 valence electrons. The van der Waals surface area contributed by atoms with Crippen molar-refractivity contribution in [2.45, 2.75) is 0 Å². The standard InChI is InChI=1S/C14H12ClN3O2/c15-10-5-6-12(16)9(7-10)8-17-18-14(20)11-3-1-2-4-13(11)19/h1-8,19H,16H2,(H,18,20)/b17-8+. The van der Waals surface area contributed by atoms with Crippen molar-refractivity contribution in [3.63, 3.8) is 0 Å². The maximum atomic E-state index is 11.8. The van der Waals surface area contributed by atoms with E-state index in [2.05, 4.69) is 10.5 Å². The first-order chi connectivity index (χ1) is 9.58. The fourth-order valence-electron chi connectivity index (χ4n) is 1.54. The van der Waals surface area contributed by atoms with Gasteiger partial charge >= 0.3 is 0 Å². The van der Waals surface area contributed by atoms with Gasteiger partial charge in [0.1, 0.15) is 5.75 Å². The van der Waals surface area contributed by atoms with Gasteiger partial charge in [0.25, 0.3) is 5.91 Å². The predicted octanol–water partition coefficient (Wildman–Crippen LogP) is 2.39. The summed E-state index contributed by atoms with van der Waals surface area (Å²) in [7, 11) is 0. The fraction of sp³-hybridized carbons (Fsp3) is 0. The number of carbonyl (C=O) groups excluding carboxylic acids is 1. The number of rotatable bonds is 3. The molecule has 0 saturated heterocycles. The largest absolute Gasteiger partial charge is 0.507 e. The molecule has 0 aliphatic rings. The van der Waals surface area contributed by atoms with Crippen LogP contribution < -0.4 is 11.2 Å². The molecule has 2 rings (SSSR count). The zero-order chi connectivity index (χ0) is 14.5. The fourth-order valence-corrected chi connectivity index (χ4v) is 1.72. The van der Waals surface area contributed by atoms with Crippen LogP contribution in [0.1, 0.15) is 15.9 Å². The Morgan fingerprint density at radius 2 is 2.05 bits per heavy atom. The van der Waals surface area contributed by atoms with Gasteiger partial charge in [-0.2, -0.15) is 5.10 Å². The molecule has 20 heavy (non-hydrogen) atoms. The highest BCUT2D eigenvalue weighted by Crippen LogP contribution is 2.16. The lowest BCUT2D eigenvalue weighted by atomic mass is 10.2. The van der Waals surface area contributed by atoms with E-state index < -0.39 is 5.91 Å². The Balaban J connectivity index is 2.09. The molecule has 0 atom stereocenters. The molecule has 0 heterocycles. The van der Waals surface area contributed by atoms with Gasteiger partial charge in [0.05, 0.1) is 11.8 Å². The van der Waals surface area contributed by atoms with E-state index in [1.807, 2.05) is 0 Å². The molecule has 2 aromatic rings. The average Bonchev–Trinajstić information content (AvgIpc) is 2.43. The van der Waals surface area contributed by atoms with E-state index in [0.29, 0.717) is 16.3 Å². The lowest BCUT2D eigenvalue weighted by molar-refractivity contribution is 0.0952. The second-order valence-corrected chi connectivity index (χ2v) is 4.43. The number of nitrogens with two attached hydrogens (primary N) is 1. The zero-order valence-corrected chi connectivity index (χ0v) is 11.1. The molecule has 6 heteroatoms. The number of nitrogens with zero attached hydrogens (tertiary/aromatic N) is 1. The SMILES string of the molecule is Nc1ccc(Cl)cc1/C=N/NC(=O)c1ccccc1O. The maximum Gasteiger partial charge on any atom is 0.275 e. The first-order valence-corrected chi connectivity index (χ1v) is 6.12. The summed E-state index contributed by atoms with van der Waals surface area (Å²) in [6, 6.07) is 11.1. The van der Waals surface area contributed by atoms with Gasteiger partial charge in [0.2, 0.25) is 0 Å². The molecule has 0 fully saturated rings. The van der Waals surface area contributed by atoms with E-state index >= 15 is 0 Å². The van der Waals surface area contributed by atoms with Crippen LogP contribution in [-0.4, -0.2) is 17.2 Å². The van der Waals surface area contributed by atoms with Crippen molar-refractivity contribution in [3.05, 3.63) is 58.6 Å². The maximum absolute atomic E-state index is 11.8. The Kier molecular flexibility index (Phi) is 4.22. The topological polar surface area (TPSA) is 87.7 Å². The third kappa shape index (κ3) is 3.27. The number of hydrogen-bond acceptors (Lipinski definition) is 4. The van der Waals surface area contributed by atoms with Gasteiger partial charge in [0, 0.05) is 16.3 Å². The van der Waals surface area contributed by atoms with E-state index in [1.165, 1.54) is 18.3 Å². The van der Waals surface area contributed by atoms with Gasteiger partial charge in [-0.25, -0.2) is 5.43 Å². The molecule has 4 N–H and O–H groups in total. The number of hydrogen-bond donors (Lipinski definition) is 3. The molecule has 0 aromatic heterocycles. The molecule has 2 aromatic carbocycles. The Hall–Kier alpha value is -2.53. The minimum atomic E-state index is -0.514. The van der Waals surface area contributed by atoms with Crippen molar-refractivity contribution >= 4 is 29.4 Å². The molecule has 0 unspecified atom stereocenters. The number of para-hydroxylation sites is 1. The van der Waals surface area contributed by atoms with Crippen LogP contribution in [0.15, 0.2) is 47.6 Å². The van der Waals surface area contributed by atoms with Gasteiger partial charge in [-0.1, -0.05) is 23.7 Å². The number of carbonyl (C=O) groups is 1. The Morgan fingerprint density at radius 1 is 1.30 bits per heavy atom. The molecule has 5 nitrogen and oxygen atoms in total. The van der Waals surface area contributed by atoms with Crippen molar-refractivity contribution in [2.75, 3.05) is 5.73 Å². The van der Waals surface area contributed by atoms with Crippen LogP contribution in [0.25, 0.3) is 0 Å². The third-order valence-electron chi connectivity index (χ3n) is 2.57. The van der Waals surface area contributed by atoms with Gasteiger partial charge < -0.3 is 10.8 Å². The van der Waals surface area contributed by atoms with Crippen molar-refractivity contribution < 1.29 is 9.90 Å². The van der Waals surface area contributed by atoms with Gasteiger partial charge in [-0.3, -0.25) is 4.79 Å². The number of nitrogen functional groups attached to an aromatic ring is 1. The van der Waals surface area contributed by atoms with Crippen molar-refractivity contribution in [2.24, 2.45) is 5.10 Å². The number of nitrogens with one attached hydrogen (secondary N) is 1. The van der Waals surface area contributed by atoms with Gasteiger partial charge in [-0.15, -0.1) is 0 Å². The lowest BCUT2D eigenvalue weighted by Crippen LogP contribution is -2.17. The first-order valence-electron chi connectivity index (χ1n) is 5.74. The number of benzene rings is 2. The van der Waals surface area contributed by atoms with E-state index in [4.69, 9.17) is 17.3 Å². The van der Waals surface area contributed by atoms with Gasteiger partial charge in [0.15, 0.2) is 0 Å². The Labute approximate surface area is 120 Å². The molecule has 0 aliphatic carbocycles. The summed E-state index contributed by atoms with van der Waals surface area (Å²) >= 11 is 5.84. The second-order valence-electron chi connectivity index (χ2n) is 3.99. The van der Waals surface area contributed by atoms with Gasteiger partial charge in [-0.05, 0) is 30.3 Å². The molecule has 0 bridgehead atoms. The average molecular weight is 290 g/mol. The summed E-state index contributed by atoms with van der Waals surface area (Å²) in [6.07, 6.45) is 1.39. The highest BCUT2D eigenvalue weighted by molar-refractivity contribution is 6.31. The van der Waals surface area contributed by atoms with Crippen LogP contribution in [0.2, 0.25) is 5.02 Å². The van der Waals surface area contributed by atoms with E-state index in [-0.39, 0.29) is 11.3 Å². The summed E-state index contributed by atoms with van der Waals surface area (Å²) in [5.41, 5.74) is 9.28. The van der Waals surface area contributed by atoms with Crippen LogP contribution >= 0.6 is 11.6 Å². The monoisotopic (exact) mass is 289 g/mol. The third-order valence-corrected chi connectivity index (χ3v) is 2.80. The number of aromatic hydroxyl groups is 1.